The molecule has 0 aromatic heterocycles. The smallest absolute Gasteiger partial charge is 0.130 e. The average molecular weight is 507 g/mol. The molecule has 2 nitrogen and oxygen atoms in total. The molecule has 33 heavy (non-hydrogen) atoms. The normalized spacial score (nSPS) is 31.9. The molecule has 0 amide bonds. The summed E-state index contributed by atoms with van der Waals surface area (Å²) in [6.45, 7) is 4.58. The molecule has 1 aliphatic heterocycles. The highest BCUT2D eigenvalue weighted by Crippen LogP contribution is 2.33. The molecular formula is C28H46N2S3. The summed E-state index contributed by atoms with van der Waals surface area (Å²) in [6, 6.07) is 0. The van der Waals surface area contributed by atoms with Crippen LogP contribution in [0.3, 0.4) is 0 Å². The lowest BCUT2D eigenvalue weighted by Crippen LogP contribution is -2.32. The summed E-state index contributed by atoms with van der Waals surface area (Å²) in [4.78, 5) is 0. The monoisotopic (exact) mass is 506 g/mol. The maximum absolute atomic E-state index is 3.58. The Morgan fingerprint density at radius 3 is 1.42 bits per heavy atom. The summed E-state index contributed by atoms with van der Waals surface area (Å²) < 4.78 is 0. The van der Waals surface area contributed by atoms with Crippen molar-refractivity contribution in [1.29, 1.82) is 0 Å². The van der Waals surface area contributed by atoms with Gasteiger partial charge in [-0.3, -0.25) is 0 Å². The molecule has 1 heterocycles. The van der Waals surface area contributed by atoms with Crippen molar-refractivity contribution < 1.29 is 0 Å². The quantitative estimate of drug-likeness (QED) is 0.237. The van der Waals surface area contributed by atoms with Gasteiger partial charge in [-0.25, -0.2) is 10.9 Å². The van der Waals surface area contributed by atoms with Crippen molar-refractivity contribution in [2.45, 2.75) is 125 Å². The first-order valence-corrected chi connectivity index (χ1v) is 16.7. The molecule has 2 unspecified atom stereocenters. The minimum atomic E-state index is 0.181. The van der Waals surface area contributed by atoms with Crippen LogP contribution in [-0.2, 0) is 0 Å². The highest BCUT2D eigenvalue weighted by molar-refractivity contribution is 8.01. The Hall–Kier alpha value is 0.0900. The number of unbranched alkanes of at least 4 members (excludes halogenated alkanes) is 4. The van der Waals surface area contributed by atoms with Crippen LogP contribution in [0.15, 0.2) is 0 Å². The number of thioether (sulfide) groups is 3. The lowest BCUT2D eigenvalue weighted by molar-refractivity contribution is 0.439. The Morgan fingerprint density at radius 1 is 0.606 bits per heavy atom. The van der Waals surface area contributed by atoms with Crippen LogP contribution in [0.2, 0.25) is 0 Å². The third-order valence-corrected chi connectivity index (χ3v) is 11.0. The fraction of sp³-hybridized carbons (Fsp3) is 0.857. The molecule has 1 saturated heterocycles. The second-order valence-corrected chi connectivity index (χ2v) is 13.9. The zero-order valence-electron chi connectivity index (χ0n) is 21.0. The van der Waals surface area contributed by atoms with Crippen molar-refractivity contribution in [1.82, 2.24) is 10.9 Å². The van der Waals surface area contributed by atoms with Crippen LogP contribution >= 0.6 is 35.3 Å². The first-order chi connectivity index (χ1) is 16.3. The first kappa shape index (κ1) is 27.7. The van der Waals surface area contributed by atoms with Gasteiger partial charge < -0.3 is 0 Å². The molecule has 0 bridgehead atoms. The third kappa shape index (κ3) is 11.1. The van der Waals surface area contributed by atoms with Crippen molar-refractivity contribution in [3.8, 4) is 23.7 Å². The van der Waals surface area contributed by atoms with Crippen molar-refractivity contribution in [2.24, 2.45) is 11.8 Å². The predicted octanol–water partition coefficient (Wildman–Crippen LogP) is 7.45. The van der Waals surface area contributed by atoms with Gasteiger partial charge in [-0.15, -0.1) is 0 Å². The van der Waals surface area contributed by atoms with E-state index in [9.17, 15) is 0 Å². The highest BCUT2D eigenvalue weighted by Gasteiger charge is 2.24. The Bertz CT molecular complexity index is 590. The lowest BCUT2D eigenvalue weighted by Gasteiger charge is -2.25. The minimum Gasteiger partial charge on any atom is -0.231 e. The molecule has 186 valence electrons. The van der Waals surface area contributed by atoms with Gasteiger partial charge in [0.05, 0.1) is 0 Å². The second-order valence-electron chi connectivity index (χ2n) is 9.87. The second kappa shape index (κ2) is 16.7. The average Bonchev–Trinajstić information content (AvgIpc) is 3.31. The molecule has 3 aliphatic rings. The SMILES string of the molecule is CCCCCSC1CCC(C#CC2NNC(C#CC3CCC(SCCCCC)CC3)S2)CC1. The molecule has 0 radical (unpaired) electrons. The maximum Gasteiger partial charge on any atom is 0.130 e. The van der Waals surface area contributed by atoms with E-state index in [-0.39, 0.29) is 10.7 Å². The van der Waals surface area contributed by atoms with Gasteiger partial charge in [0, 0.05) is 22.3 Å². The van der Waals surface area contributed by atoms with Crippen molar-refractivity contribution >= 4 is 35.3 Å². The van der Waals surface area contributed by atoms with Gasteiger partial charge in [0.2, 0.25) is 0 Å². The van der Waals surface area contributed by atoms with E-state index >= 15 is 0 Å². The van der Waals surface area contributed by atoms with Crippen LogP contribution in [0.1, 0.15) is 104 Å². The Kier molecular flexibility index (Phi) is 14.0. The molecule has 2 N–H and O–H groups in total. The summed E-state index contributed by atoms with van der Waals surface area (Å²) in [5.74, 6) is 18.0. The molecule has 5 heteroatoms. The Labute approximate surface area is 217 Å². The van der Waals surface area contributed by atoms with Gasteiger partial charge in [0.1, 0.15) is 10.7 Å². The van der Waals surface area contributed by atoms with E-state index in [2.05, 4.69) is 71.9 Å². The standard InChI is InChI=1S/C28H46N2S3/c1-3-5-7-21-31-25-15-9-23(10-16-25)13-19-27-29-30-28(33-27)20-14-24-11-17-26(18-12-24)32-22-8-6-4-2/h23-30H,3-12,15-18,21-22H2,1-2H3. The maximum atomic E-state index is 3.58. The third-order valence-electron chi connectivity index (χ3n) is 7.01. The van der Waals surface area contributed by atoms with Crippen LogP contribution in [0.25, 0.3) is 0 Å². The Balaban J connectivity index is 1.28. The summed E-state index contributed by atoms with van der Waals surface area (Å²) in [5, 5.41) is 2.13. The molecule has 0 spiro atoms. The van der Waals surface area contributed by atoms with E-state index in [0.717, 1.165) is 10.5 Å². The van der Waals surface area contributed by atoms with Crippen molar-refractivity contribution in [2.75, 3.05) is 11.5 Å². The van der Waals surface area contributed by atoms with Crippen LogP contribution in [0.4, 0.5) is 0 Å². The summed E-state index contributed by atoms with van der Waals surface area (Å²) in [7, 11) is 0. The zero-order valence-corrected chi connectivity index (χ0v) is 23.5. The number of rotatable bonds is 10. The van der Waals surface area contributed by atoms with E-state index in [1.807, 2.05) is 11.8 Å². The molecule has 2 saturated carbocycles. The van der Waals surface area contributed by atoms with Gasteiger partial charge in [0.25, 0.3) is 0 Å². The van der Waals surface area contributed by atoms with E-state index in [1.54, 1.807) is 0 Å². The van der Waals surface area contributed by atoms with Gasteiger partial charge in [0.15, 0.2) is 0 Å². The topological polar surface area (TPSA) is 24.1 Å². The molecule has 3 fully saturated rings. The molecule has 2 atom stereocenters. The number of hydrogen-bond acceptors (Lipinski definition) is 5. The minimum absolute atomic E-state index is 0.181. The van der Waals surface area contributed by atoms with Crippen molar-refractivity contribution in [3.63, 3.8) is 0 Å². The van der Waals surface area contributed by atoms with Crippen LogP contribution < -0.4 is 10.9 Å². The van der Waals surface area contributed by atoms with Crippen LogP contribution in [-0.4, -0.2) is 32.8 Å². The summed E-state index contributed by atoms with van der Waals surface area (Å²) >= 11 is 6.27. The fourth-order valence-corrected chi connectivity index (χ4v) is 8.27. The van der Waals surface area contributed by atoms with Crippen LogP contribution in [0, 0.1) is 35.5 Å². The molecule has 0 aromatic rings. The molecule has 2 aliphatic carbocycles. The van der Waals surface area contributed by atoms with Crippen molar-refractivity contribution in [3.05, 3.63) is 0 Å². The number of hydrogen-bond donors (Lipinski definition) is 2. The van der Waals surface area contributed by atoms with E-state index in [0.29, 0.717) is 11.8 Å². The lowest BCUT2D eigenvalue weighted by atomic mass is 9.89. The number of nitrogens with one attached hydrogen (secondary N) is 2. The zero-order chi connectivity index (χ0) is 23.1. The van der Waals surface area contributed by atoms with Gasteiger partial charge >= 0.3 is 0 Å². The predicted molar refractivity (Wildman–Crippen MR) is 152 cm³/mol. The summed E-state index contributed by atoms with van der Waals surface area (Å²) in [6.07, 6.45) is 18.8. The fourth-order valence-electron chi connectivity index (χ4n) is 4.83. The number of hydrazine groups is 1. The van der Waals surface area contributed by atoms with E-state index in [1.165, 1.54) is 101 Å². The van der Waals surface area contributed by atoms with E-state index < -0.39 is 0 Å². The van der Waals surface area contributed by atoms with Gasteiger partial charge in [-0.05, 0) is 75.7 Å². The van der Waals surface area contributed by atoms with E-state index in [4.69, 9.17) is 0 Å². The van der Waals surface area contributed by atoms with Crippen LogP contribution in [0.5, 0.6) is 0 Å². The van der Waals surface area contributed by atoms with Gasteiger partial charge in [-0.1, -0.05) is 75.0 Å². The Morgan fingerprint density at radius 2 is 1.03 bits per heavy atom. The summed E-state index contributed by atoms with van der Waals surface area (Å²) in [5.41, 5.74) is 6.71. The molecule has 0 aromatic carbocycles. The molecule has 3 rings (SSSR count). The van der Waals surface area contributed by atoms with Gasteiger partial charge in [-0.2, -0.15) is 23.5 Å². The molecular weight excluding hydrogens is 461 g/mol. The first-order valence-electron chi connectivity index (χ1n) is 13.7. The largest absolute Gasteiger partial charge is 0.231 e. The highest BCUT2D eigenvalue weighted by atomic mass is 32.2.